The Kier molecular flexibility index (Phi) is 3.50. The van der Waals surface area contributed by atoms with Gasteiger partial charge in [-0.2, -0.15) is 0 Å². The molecule has 0 atom stereocenters. The van der Waals surface area contributed by atoms with Gasteiger partial charge in [0.25, 0.3) is 0 Å². The summed E-state index contributed by atoms with van der Waals surface area (Å²) in [5, 5.41) is 13.4. The standard InChI is InChI=1S/C12H22N2O2/c1-10(15)14-7-3-11(4-8-14)13-9-12(16)5-2-6-12/h11,13,16H,2-9H2,1H3. The lowest BCUT2D eigenvalue weighted by molar-refractivity contribution is -0.130. The number of carbonyl (C=O) groups excluding carboxylic acids is 1. The Hall–Kier alpha value is -0.610. The lowest BCUT2D eigenvalue weighted by Crippen LogP contribution is -2.51. The van der Waals surface area contributed by atoms with Gasteiger partial charge in [0.15, 0.2) is 0 Å². The number of amides is 1. The van der Waals surface area contributed by atoms with Crippen molar-refractivity contribution >= 4 is 5.91 Å². The molecular formula is C12H22N2O2. The molecule has 2 aliphatic rings. The van der Waals surface area contributed by atoms with Crippen LogP contribution in [0.5, 0.6) is 0 Å². The minimum atomic E-state index is -0.433. The van der Waals surface area contributed by atoms with Crippen LogP contribution >= 0.6 is 0 Å². The van der Waals surface area contributed by atoms with E-state index >= 15 is 0 Å². The van der Waals surface area contributed by atoms with Crippen LogP contribution in [0.15, 0.2) is 0 Å². The van der Waals surface area contributed by atoms with Gasteiger partial charge in [0, 0.05) is 32.6 Å². The number of hydrogen-bond acceptors (Lipinski definition) is 3. The van der Waals surface area contributed by atoms with Crippen molar-refractivity contribution in [1.29, 1.82) is 0 Å². The van der Waals surface area contributed by atoms with E-state index in [0.717, 1.165) is 51.7 Å². The summed E-state index contributed by atoms with van der Waals surface area (Å²) in [5.74, 6) is 0.177. The normalized spacial score (nSPS) is 25.2. The molecule has 1 aliphatic heterocycles. The lowest BCUT2D eigenvalue weighted by Gasteiger charge is -2.39. The van der Waals surface area contributed by atoms with Crippen molar-refractivity contribution < 1.29 is 9.90 Å². The molecular weight excluding hydrogens is 204 g/mol. The van der Waals surface area contributed by atoms with E-state index in [9.17, 15) is 9.90 Å². The summed E-state index contributed by atoms with van der Waals surface area (Å²) in [4.78, 5) is 13.0. The van der Waals surface area contributed by atoms with Crippen LogP contribution in [-0.2, 0) is 4.79 Å². The molecule has 2 rings (SSSR count). The van der Waals surface area contributed by atoms with Gasteiger partial charge in [-0.3, -0.25) is 4.79 Å². The van der Waals surface area contributed by atoms with Crippen LogP contribution in [-0.4, -0.2) is 47.2 Å². The Labute approximate surface area is 97.0 Å². The third kappa shape index (κ3) is 2.74. The molecule has 1 amide bonds. The van der Waals surface area contributed by atoms with Crippen LogP contribution in [0.3, 0.4) is 0 Å². The van der Waals surface area contributed by atoms with Crippen molar-refractivity contribution in [3.8, 4) is 0 Å². The zero-order valence-corrected chi connectivity index (χ0v) is 10.0. The van der Waals surface area contributed by atoms with Crippen molar-refractivity contribution in [3.63, 3.8) is 0 Å². The molecule has 16 heavy (non-hydrogen) atoms. The second-order valence-electron chi connectivity index (χ2n) is 5.24. The van der Waals surface area contributed by atoms with Gasteiger partial charge < -0.3 is 15.3 Å². The Morgan fingerprint density at radius 2 is 2.06 bits per heavy atom. The lowest BCUT2D eigenvalue weighted by atomic mass is 9.80. The molecule has 1 heterocycles. The molecule has 1 saturated carbocycles. The fourth-order valence-electron chi connectivity index (χ4n) is 2.49. The number of nitrogens with zero attached hydrogens (tertiary/aromatic N) is 1. The summed E-state index contributed by atoms with van der Waals surface area (Å²) >= 11 is 0. The van der Waals surface area contributed by atoms with Crippen molar-refractivity contribution in [2.45, 2.75) is 50.7 Å². The number of rotatable bonds is 3. The minimum Gasteiger partial charge on any atom is -0.389 e. The predicted octanol–water partition coefficient (Wildman–Crippen LogP) is 0.502. The van der Waals surface area contributed by atoms with Gasteiger partial charge in [-0.25, -0.2) is 0 Å². The molecule has 2 fully saturated rings. The van der Waals surface area contributed by atoms with E-state index in [-0.39, 0.29) is 5.91 Å². The van der Waals surface area contributed by atoms with E-state index in [2.05, 4.69) is 5.32 Å². The van der Waals surface area contributed by atoms with Crippen molar-refractivity contribution in [3.05, 3.63) is 0 Å². The van der Waals surface area contributed by atoms with E-state index in [1.54, 1.807) is 6.92 Å². The summed E-state index contributed by atoms with van der Waals surface area (Å²) < 4.78 is 0. The second-order valence-corrected chi connectivity index (χ2v) is 5.24. The molecule has 92 valence electrons. The van der Waals surface area contributed by atoms with Crippen LogP contribution in [0.1, 0.15) is 39.0 Å². The first-order valence-electron chi connectivity index (χ1n) is 6.30. The molecule has 0 aromatic carbocycles. The van der Waals surface area contributed by atoms with Crippen molar-refractivity contribution in [2.75, 3.05) is 19.6 Å². The number of likely N-dealkylation sites (tertiary alicyclic amines) is 1. The highest BCUT2D eigenvalue weighted by molar-refractivity contribution is 5.73. The van der Waals surface area contributed by atoms with E-state index < -0.39 is 5.60 Å². The van der Waals surface area contributed by atoms with Gasteiger partial charge in [-0.05, 0) is 32.1 Å². The average Bonchev–Trinajstić information content (AvgIpc) is 2.24. The van der Waals surface area contributed by atoms with E-state index in [0.29, 0.717) is 6.04 Å². The van der Waals surface area contributed by atoms with E-state index in [4.69, 9.17) is 0 Å². The highest BCUT2D eigenvalue weighted by atomic mass is 16.3. The maximum atomic E-state index is 11.1. The summed E-state index contributed by atoms with van der Waals surface area (Å²) in [6.07, 6.45) is 5.05. The smallest absolute Gasteiger partial charge is 0.219 e. The number of hydrogen-bond donors (Lipinski definition) is 2. The topological polar surface area (TPSA) is 52.6 Å². The van der Waals surface area contributed by atoms with E-state index in [1.807, 2.05) is 4.90 Å². The molecule has 0 aromatic rings. The number of piperidine rings is 1. The highest BCUT2D eigenvalue weighted by Crippen LogP contribution is 2.30. The Balaban J connectivity index is 1.67. The van der Waals surface area contributed by atoms with Gasteiger partial charge >= 0.3 is 0 Å². The summed E-state index contributed by atoms with van der Waals surface area (Å²) in [6.45, 7) is 4.05. The maximum Gasteiger partial charge on any atom is 0.219 e. The molecule has 4 nitrogen and oxygen atoms in total. The predicted molar refractivity (Wildman–Crippen MR) is 62.1 cm³/mol. The molecule has 0 bridgehead atoms. The van der Waals surface area contributed by atoms with E-state index in [1.165, 1.54) is 0 Å². The molecule has 0 unspecified atom stereocenters. The largest absolute Gasteiger partial charge is 0.389 e. The molecule has 1 aliphatic carbocycles. The molecule has 0 aromatic heterocycles. The first kappa shape index (κ1) is 11.9. The SMILES string of the molecule is CC(=O)N1CCC(NCC2(O)CCC2)CC1. The second kappa shape index (κ2) is 4.72. The first-order valence-corrected chi connectivity index (χ1v) is 6.30. The molecule has 4 heteroatoms. The molecule has 0 spiro atoms. The van der Waals surface area contributed by atoms with Crippen LogP contribution in [0.25, 0.3) is 0 Å². The maximum absolute atomic E-state index is 11.1. The quantitative estimate of drug-likeness (QED) is 0.737. The number of carbonyl (C=O) groups is 1. The summed E-state index contributed by atoms with van der Waals surface area (Å²) in [5.41, 5.74) is -0.433. The third-order valence-corrected chi connectivity index (χ3v) is 3.94. The molecule has 2 N–H and O–H groups in total. The Morgan fingerprint density at radius 1 is 1.44 bits per heavy atom. The van der Waals surface area contributed by atoms with Crippen LogP contribution in [0, 0.1) is 0 Å². The molecule has 1 saturated heterocycles. The van der Waals surface area contributed by atoms with Crippen LogP contribution in [0.2, 0.25) is 0 Å². The monoisotopic (exact) mass is 226 g/mol. The van der Waals surface area contributed by atoms with Crippen molar-refractivity contribution in [1.82, 2.24) is 10.2 Å². The Morgan fingerprint density at radius 3 is 2.50 bits per heavy atom. The van der Waals surface area contributed by atoms with Gasteiger partial charge in [-0.15, -0.1) is 0 Å². The minimum absolute atomic E-state index is 0.177. The summed E-state index contributed by atoms with van der Waals surface area (Å²) in [7, 11) is 0. The van der Waals surface area contributed by atoms with Crippen molar-refractivity contribution in [2.24, 2.45) is 0 Å². The molecule has 0 radical (unpaired) electrons. The zero-order valence-electron chi connectivity index (χ0n) is 10.0. The third-order valence-electron chi connectivity index (χ3n) is 3.94. The Bertz CT molecular complexity index is 256. The van der Waals surface area contributed by atoms with Gasteiger partial charge in [0.05, 0.1) is 5.60 Å². The number of aliphatic hydroxyl groups is 1. The van der Waals surface area contributed by atoms with Gasteiger partial charge in [0.2, 0.25) is 5.91 Å². The fourth-order valence-corrected chi connectivity index (χ4v) is 2.49. The highest BCUT2D eigenvalue weighted by Gasteiger charge is 2.34. The fraction of sp³-hybridized carbons (Fsp3) is 0.917. The van der Waals surface area contributed by atoms with Gasteiger partial charge in [0.1, 0.15) is 0 Å². The summed E-state index contributed by atoms with van der Waals surface area (Å²) in [6, 6.07) is 0.472. The first-order chi connectivity index (χ1) is 7.59. The average molecular weight is 226 g/mol. The van der Waals surface area contributed by atoms with Crippen LogP contribution in [0.4, 0.5) is 0 Å². The zero-order chi connectivity index (χ0) is 11.6. The number of nitrogens with one attached hydrogen (secondary N) is 1. The van der Waals surface area contributed by atoms with Gasteiger partial charge in [-0.1, -0.05) is 0 Å². The van der Waals surface area contributed by atoms with Crippen LogP contribution < -0.4 is 5.32 Å².